The van der Waals surface area contributed by atoms with Gasteiger partial charge in [-0.05, 0) is 11.6 Å². The molecule has 0 aliphatic rings. The van der Waals surface area contributed by atoms with Gasteiger partial charge >= 0.3 is 0 Å². The van der Waals surface area contributed by atoms with Crippen molar-refractivity contribution in [3.63, 3.8) is 0 Å². The molecule has 0 radical (unpaired) electrons. The van der Waals surface area contributed by atoms with Gasteiger partial charge in [0.05, 0.1) is 0 Å². The lowest BCUT2D eigenvalue weighted by molar-refractivity contribution is 0.800. The van der Waals surface area contributed by atoms with Crippen LogP contribution in [0.4, 0.5) is 0 Å². The van der Waals surface area contributed by atoms with Crippen molar-refractivity contribution < 1.29 is 0 Å². The van der Waals surface area contributed by atoms with Crippen molar-refractivity contribution in [3.05, 3.63) is 35.9 Å². The van der Waals surface area contributed by atoms with E-state index in [1.807, 2.05) is 6.07 Å². The molecule has 0 spiro atoms. The van der Waals surface area contributed by atoms with Gasteiger partial charge in [-0.3, -0.25) is 0 Å². The topological polar surface area (TPSA) is 26.0 Å². The third kappa shape index (κ3) is 4.79. The number of hydrogen-bond acceptors (Lipinski definition) is 1. The quantitative estimate of drug-likeness (QED) is 0.790. The Kier molecular flexibility index (Phi) is 5.42. The van der Waals surface area contributed by atoms with Crippen LogP contribution in [0.25, 0.3) is 0 Å². The molecular weight excluding hydrogens is 210 g/mol. The highest BCUT2D eigenvalue weighted by Crippen LogP contribution is 2.21. The van der Waals surface area contributed by atoms with Crippen LogP contribution in [0.5, 0.6) is 0 Å². The highest BCUT2D eigenvalue weighted by Gasteiger charge is 2.18. The van der Waals surface area contributed by atoms with Crippen molar-refractivity contribution in [1.29, 1.82) is 0 Å². The van der Waals surface area contributed by atoms with Crippen LogP contribution in [-0.4, -0.2) is 8.07 Å². The number of halogens is 1. The van der Waals surface area contributed by atoms with Gasteiger partial charge in [0.1, 0.15) is 0 Å². The van der Waals surface area contributed by atoms with Gasteiger partial charge in [0.15, 0.2) is 0 Å². The van der Waals surface area contributed by atoms with Gasteiger partial charge < -0.3 is 5.73 Å². The maximum absolute atomic E-state index is 6.12. The third-order valence-corrected chi connectivity index (χ3v) is 3.72. The summed E-state index contributed by atoms with van der Waals surface area (Å²) in [7, 11) is -1.03. The second-order valence-electron chi connectivity index (χ2n) is 4.78. The van der Waals surface area contributed by atoms with Gasteiger partial charge in [-0.2, -0.15) is 0 Å². The van der Waals surface area contributed by atoms with Crippen molar-refractivity contribution in [1.82, 2.24) is 0 Å². The first-order chi connectivity index (χ1) is 5.99. The van der Waals surface area contributed by atoms with E-state index in [4.69, 9.17) is 5.73 Å². The molecule has 2 N–H and O–H groups in total. The van der Waals surface area contributed by atoms with Gasteiger partial charge in [0.2, 0.25) is 0 Å². The molecule has 1 nitrogen and oxygen atoms in total. The highest BCUT2D eigenvalue weighted by atomic mass is 35.5. The zero-order valence-corrected chi connectivity index (χ0v) is 11.0. The lowest BCUT2D eigenvalue weighted by Crippen LogP contribution is -2.26. The summed E-state index contributed by atoms with van der Waals surface area (Å²) in [5.74, 6) is 0. The fraction of sp³-hybridized carbons (Fsp3) is 0.455. The van der Waals surface area contributed by atoms with Crippen LogP contribution in [0.2, 0.25) is 25.7 Å². The van der Waals surface area contributed by atoms with E-state index in [-0.39, 0.29) is 18.4 Å². The van der Waals surface area contributed by atoms with Crippen LogP contribution < -0.4 is 5.73 Å². The Labute approximate surface area is 94.1 Å². The predicted octanol–water partition coefficient (Wildman–Crippen LogP) is 3.45. The minimum absolute atomic E-state index is 0. The summed E-state index contributed by atoms with van der Waals surface area (Å²) in [4.78, 5) is 0. The fourth-order valence-corrected chi connectivity index (χ4v) is 3.03. The first-order valence-electron chi connectivity index (χ1n) is 4.79. The van der Waals surface area contributed by atoms with Gasteiger partial charge in [-0.1, -0.05) is 50.0 Å². The molecule has 1 unspecified atom stereocenters. The molecule has 1 atom stereocenters. The standard InChI is InChI=1S/C11H19NSi.ClH/c1-13(2,3)9-11(12)10-7-5-4-6-8-10;/h4-8,11H,9,12H2,1-3H3;1H. The molecule has 0 aromatic heterocycles. The van der Waals surface area contributed by atoms with Crippen molar-refractivity contribution >= 4 is 20.5 Å². The van der Waals surface area contributed by atoms with Crippen LogP contribution in [0.3, 0.4) is 0 Å². The molecule has 0 heterocycles. The molecule has 0 saturated carbocycles. The van der Waals surface area contributed by atoms with Crippen molar-refractivity contribution in [2.75, 3.05) is 0 Å². The van der Waals surface area contributed by atoms with Crippen LogP contribution in [0.1, 0.15) is 11.6 Å². The van der Waals surface area contributed by atoms with Gasteiger partial charge in [0, 0.05) is 14.1 Å². The van der Waals surface area contributed by atoms with Gasteiger partial charge in [0.25, 0.3) is 0 Å². The van der Waals surface area contributed by atoms with Crippen LogP contribution in [0, 0.1) is 0 Å². The first-order valence-corrected chi connectivity index (χ1v) is 8.50. The van der Waals surface area contributed by atoms with Crippen LogP contribution in [0.15, 0.2) is 30.3 Å². The molecule has 14 heavy (non-hydrogen) atoms. The molecule has 3 heteroatoms. The second-order valence-corrected chi connectivity index (χ2v) is 10.3. The van der Waals surface area contributed by atoms with Crippen molar-refractivity contribution in [2.24, 2.45) is 5.73 Å². The molecule has 0 saturated heterocycles. The normalized spacial score (nSPS) is 13.1. The van der Waals surface area contributed by atoms with E-state index in [0.717, 1.165) is 6.04 Å². The Morgan fingerprint density at radius 3 is 2.07 bits per heavy atom. The van der Waals surface area contributed by atoms with E-state index in [2.05, 4.69) is 43.9 Å². The van der Waals surface area contributed by atoms with Crippen molar-refractivity contribution in [2.45, 2.75) is 31.7 Å². The van der Waals surface area contributed by atoms with Gasteiger partial charge in [-0.25, -0.2) is 0 Å². The molecular formula is C11H20ClNSi. The van der Waals surface area contributed by atoms with Crippen molar-refractivity contribution in [3.8, 4) is 0 Å². The minimum atomic E-state index is -1.03. The van der Waals surface area contributed by atoms with E-state index in [1.165, 1.54) is 5.56 Å². The number of hydrogen-bond donors (Lipinski definition) is 1. The minimum Gasteiger partial charge on any atom is -0.324 e. The number of nitrogens with two attached hydrogens (primary N) is 1. The van der Waals surface area contributed by atoms with E-state index >= 15 is 0 Å². The summed E-state index contributed by atoms with van der Waals surface area (Å²) in [5, 5.41) is 0. The Balaban J connectivity index is 0.00000169. The zero-order valence-electron chi connectivity index (χ0n) is 9.16. The van der Waals surface area contributed by atoms with Crippen LogP contribution in [-0.2, 0) is 0 Å². The number of rotatable bonds is 3. The monoisotopic (exact) mass is 229 g/mol. The Morgan fingerprint density at radius 2 is 1.64 bits per heavy atom. The van der Waals surface area contributed by atoms with E-state index in [0.29, 0.717) is 0 Å². The fourth-order valence-electron chi connectivity index (χ4n) is 1.48. The average molecular weight is 230 g/mol. The Hall–Kier alpha value is -0.313. The smallest absolute Gasteiger partial charge is 0.0461 e. The molecule has 0 amide bonds. The van der Waals surface area contributed by atoms with Gasteiger partial charge in [-0.15, -0.1) is 12.4 Å². The molecule has 0 fully saturated rings. The zero-order chi connectivity index (χ0) is 9.90. The first kappa shape index (κ1) is 13.7. The molecule has 0 bridgehead atoms. The number of benzene rings is 1. The SMILES string of the molecule is C[Si](C)(C)CC(N)c1ccccc1.Cl. The van der Waals surface area contributed by atoms with E-state index in [9.17, 15) is 0 Å². The third-order valence-electron chi connectivity index (χ3n) is 2.06. The largest absolute Gasteiger partial charge is 0.324 e. The summed E-state index contributed by atoms with van der Waals surface area (Å²) < 4.78 is 0. The summed E-state index contributed by atoms with van der Waals surface area (Å²) in [6, 6.07) is 11.8. The predicted molar refractivity (Wildman–Crippen MR) is 68.8 cm³/mol. The van der Waals surface area contributed by atoms with E-state index < -0.39 is 8.07 Å². The van der Waals surface area contributed by atoms with E-state index in [1.54, 1.807) is 0 Å². The maximum atomic E-state index is 6.12. The summed E-state index contributed by atoms with van der Waals surface area (Å²) in [6.07, 6.45) is 0. The highest BCUT2D eigenvalue weighted by molar-refractivity contribution is 6.76. The summed E-state index contributed by atoms with van der Waals surface area (Å²) in [5.41, 5.74) is 7.38. The molecule has 1 rings (SSSR count). The molecule has 0 aliphatic carbocycles. The molecule has 80 valence electrons. The Morgan fingerprint density at radius 1 is 1.14 bits per heavy atom. The summed E-state index contributed by atoms with van der Waals surface area (Å²) >= 11 is 0. The lowest BCUT2D eigenvalue weighted by atomic mass is 10.1. The average Bonchev–Trinajstić information content (AvgIpc) is 2.03. The maximum Gasteiger partial charge on any atom is 0.0461 e. The molecule has 0 aliphatic heterocycles. The Bertz CT molecular complexity index is 256. The van der Waals surface area contributed by atoms with Crippen LogP contribution >= 0.6 is 12.4 Å². The molecule has 1 aromatic rings. The molecule has 1 aromatic carbocycles. The lowest BCUT2D eigenvalue weighted by Gasteiger charge is -2.21. The second kappa shape index (κ2) is 5.54. The summed E-state index contributed by atoms with van der Waals surface area (Å²) in [6.45, 7) is 7.07.